The molecule has 3 N–H and O–H groups in total. The number of aryl methyl sites for hydroxylation is 1. The summed E-state index contributed by atoms with van der Waals surface area (Å²) in [5.41, 5.74) is 5.90. The van der Waals surface area contributed by atoms with Crippen LogP contribution in [0, 0.1) is 11.6 Å². The molecule has 0 saturated carbocycles. The summed E-state index contributed by atoms with van der Waals surface area (Å²) in [6, 6.07) is 1.77. The first kappa shape index (κ1) is 10.9. The summed E-state index contributed by atoms with van der Waals surface area (Å²) in [5, 5.41) is 9.28. The molecule has 0 aliphatic rings. The molecule has 1 aromatic carbocycles. The third-order valence-electron chi connectivity index (χ3n) is 1.99. The topological polar surface area (TPSA) is 46.2 Å². The first-order valence-electron chi connectivity index (χ1n) is 4.43. The molecule has 0 saturated heterocycles. The number of phenols is 1. The van der Waals surface area contributed by atoms with Gasteiger partial charge in [0.1, 0.15) is 5.75 Å². The SMILES string of the molecule is C[C@H](N)CCc1cc(F)c(F)cc1O. The molecule has 0 radical (unpaired) electrons. The lowest BCUT2D eigenvalue weighted by Gasteiger charge is -2.07. The van der Waals surface area contributed by atoms with Gasteiger partial charge in [-0.25, -0.2) is 8.78 Å². The molecule has 78 valence electrons. The molecule has 2 nitrogen and oxygen atoms in total. The van der Waals surface area contributed by atoms with E-state index in [1.54, 1.807) is 0 Å². The monoisotopic (exact) mass is 201 g/mol. The summed E-state index contributed by atoms with van der Waals surface area (Å²) in [5.74, 6) is -2.20. The zero-order valence-electron chi connectivity index (χ0n) is 7.93. The van der Waals surface area contributed by atoms with E-state index >= 15 is 0 Å². The Labute approximate surface area is 81.4 Å². The van der Waals surface area contributed by atoms with E-state index in [2.05, 4.69) is 0 Å². The van der Waals surface area contributed by atoms with Gasteiger partial charge in [-0.1, -0.05) is 0 Å². The van der Waals surface area contributed by atoms with Crippen LogP contribution < -0.4 is 5.73 Å². The highest BCUT2D eigenvalue weighted by molar-refractivity contribution is 5.33. The number of nitrogens with two attached hydrogens (primary N) is 1. The molecule has 1 rings (SSSR count). The first-order valence-corrected chi connectivity index (χ1v) is 4.43. The Bertz CT molecular complexity index is 326. The number of benzene rings is 1. The van der Waals surface area contributed by atoms with Crippen LogP contribution in [0.15, 0.2) is 12.1 Å². The average molecular weight is 201 g/mol. The molecule has 0 bridgehead atoms. The first-order chi connectivity index (χ1) is 6.50. The molecule has 0 aromatic heterocycles. The molecular formula is C10H13F2NO. The van der Waals surface area contributed by atoms with Crippen LogP contribution in [0.5, 0.6) is 5.75 Å². The molecule has 0 spiro atoms. The predicted octanol–water partition coefficient (Wildman–Crippen LogP) is 1.95. The van der Waals surface area contributed by atoms with Crippen molar-refractivity contribution in [2.24, 2.45) is 5.73 Å². The lowest BCUT2D eigenvalue weighted by atomic mass is 10.1. The van der Waals surface area contributed by atoms with Crippen LogP contribution in [-0.4, -0.2) is 11.1 Å². The Morgan fingerprint density at radius 3 is 2.50 bits per heavy atom. The van der Waals surface area contributed by atoms with Crippen molar-refractivity contribution in [2.45, 2.75) is 25.8 Å². The lowest BCUT2D eigenvalue weighted by Crippen LogP contribution is -2.15. The molecule has 1 atom stereocenters. The summed E-state index contributed by atoms with van der Waals surface area (Å²) in [6.07, 6.45) is 1.07. The number of halogens is 2. The van der Waals surface area contributed by atoms with Crippen molar-refractivity contribution in [3.05, 3.63) is 29.3 Å². The number of hydrogen-bond donors (Lipinski definition) is 2. The maximum Gasteiger partial charge on any atom is 0.162 e. The highest BCUT2D eigenvalue weighted by Crippen LogP contribution is 2.22. The van der Waals surface area contributed by atoms with Gasteiger partial charge < -0.3 is 10.8 Å². The van der Waals surface area contributed by atoms with Crippen molar-refractivity contribution in [1.82, 2.24) is 0 Å². The Kier molecular flexibility index (Phi) is 3.41. The highest BCUT2D eigenvalue weighted by atomic mass is 19.2. The summed E-state index contributed by atoms with van der Waals surface area (Å²) in [4.78, 5) is 0. The van der Waals surface area contributed by atoms with Crippen molar-refractivity contribution in [3.8, 4) is 5.75 Å². The van der Waals surface area contributed by atoms with Crippen molar-refractivity contribution >= 4 is 0 Å². The van der Waals surface area contributed by atoms with Gasteiger partial charge in [0.15, 0.2) is 11.6 Å². The fourth-order valence-electron chi connectivity index (χ4n) is 1.16. The van der Waals surface area contributed by atoms with Crippen LogP contribution in [0.1, 0.15) is 18.9 Å². The number of rotatable bonds is 3. The maximum atomic E-state index is 12.8. The van der Waals surface area contributed by atoms with E-state index in [1.807, 2.05) is 6.92 Å². The molecule has 0 aliphatic carbocycles. The van der Waals surface area contributed by atoms with Gasteiger partial charge in [0.2, 0.25) is 0 Å². The molecule has 0 heterocycles. The fraction of sp³-hybridized carbons (Fsp3) is 0.400. The molecule has 1 aromatic rings. The number of aromatic hydroxyl groups is 1. The van der Waals surface area contributed by atoms with Crippen molar-refractivity contribution in [3.63, 3.8) is 0 Å². The minimum atomic E-state index is -1.04. The molecule has 0 fully saturated rings. The summed E-state index contributed by atoms with van der Waals surface area (Å²) >= 11 is 0. The lowest BCUT2D eigenvalue weighted by molar-refractivity contribution is 0.445. The third-order valence-corrected chi connectivity index (χ3v) is 1.99. The van der Waals surface area contributed by atoms with Crippen molar-refractivity contribution < 1.29 is 13.9 Å². The highest BCUT2D eigenvalue weighted by Gasteiger charge is 2.09. The zero-order valence-corrected chi connectivity index (χ0v) is 7.93. The van der Waals surface area contributed by atoms with Gasteiger partial charge in [0, 0.05) is 12.1 Å². The van der Waals surface area contributed by atoms with Gasteiger partial charge in [0.25, 0.3) is 0 Å². The molecule has 14 heavy (non-hydrogen) atoms. The van der Waals surface area contributed by atoms with Crippen molar-refractivity contribution in [2.75, 3.05) is 0 Å². The van der Waals surface area contributed by atoms with E-state index in [0.29, 0.717) is 18.4 Å². The van der Waals surface area contributed by atoms with Gasteiger partial charge in [0.05, 0.1) is 0 Å². The molecule has 0 amide bonds. The van der Waals surface area contributed by atoms with Gasteiger partial charge >= 0.3 is 0 Å². The largest absolute Gasteiger partial charge is 0.508 e. The molecule has 0 aliphatic heterocycles. The maximum absolute atomic E-state index is 12.8. The van der Waals surface area contributed by atoms with Gasteiger partial charge in [-0.15, -0.1) is 0 Å². The van der Waals surface area contributed by atoms with Crippen molar-refractivity contribution in [1.29, 1.82) is 0 Å². The molecule has 0 unspecified atom stereocenters. The van der Waals surface area contributed by atoms with E-state index < -0.39 is 11.6 Å². The summed E-state index contributed by atoms with van der Waals surface area (Å²) < 4.78 is 25.4. The third kappa shape index (κ3) is 2.67. The minimum Gasteiger partial charge on any atom is -0.508 e. The van der Waals surface area contributed by atoms with E-state index in [-0.39, 0.29) is 11.8 Å². The van der Waals surface area contributed by atoms with Gasteiger partial charge in [-0.3, -0.25) is 0 Å². The normalized spacial score (nSPS) is 12.9. The zero-order chi connectivity index (χ0) is 10.7. The smallest absolute Gasteiger partial charge is 0.162 e. The summed E-state index contributed by atoms with van der Waals surface area (Å²) in [7, 11) is 0. The van der Waals surface area contributed by atoms with E-state index in [9.17, 15) is 13.9 Å². The second-order valence-electron chi connectivity index (χ2n) is 3.41. The van der Waals surface area contributed by atoms with Crippen LogP contribution in [0.25, 0.3) is 0 Å². The number of phenolic OH excluding ortho intramolecular Hbond substituents is 1. The second-order valence-corrected chi connectivity index (χ2v) is 3.41. The Morgan fingerprint density at radius 2 is 1.93 bits per heavy atom. The average Bonchev–Trinajstić information content (AvgIpc) is 2.09. The van der Waals surface area contributed by atoms with Gasteiger partial charge in [-0.2, -0.15) is 0 Å². The molecule has 4 heteroatoms. The van der Waals surface area contributed by atoms with E-state index in [1.165, 1.54) is 0 Å². The summed E-state index contributed by atoms with van der Waals surface area (Å²) in [6.45, 7) is 1.82. The van der Waals surface area contributed by atoms with Crippen LogP contribution in [0.2, 0.25) is 0 Å². The number of hydrogen-bond acceptors (Lipinski definition) is 2. The van der Waals surface area contributed by atoms with Crippen LogP contribution in [0.3, 0.4) is 0 Å². The fourth-order valence-corrected chi connectivity index (χ4v) is 1.16. The Hall–Kier alpha value is -1.16. The van der Waals surface area contributed by atoms with E-state index in [4.69, 9.17) is 5.73 Å². The van der Waals surface area contributed by atoms with Gasteiger partial charge in [-0.05, 0) is 31.4 Å². The Balaban J connectivity index is 2.82. The van der Waals surface area contributed by atoms with Crippen LogP contribution in [0.4, 0.5) is 8.78 Å². The second kappa shape index (κ2) is 4.37. The molecular weight excluding hydrogens is 188 g/mol. The van der Waals surface area contributed by atoms with Crippen LogP contribution in [-0.2, 0) is 6.42 Å². The van der Waals surface area contributed by atoms with Crippen LogP contribution >= 0.6 is 0 Å². The van der Waals surface area contributed by atoms with E-state index in [0.717, 1.165) is 12.1 Å². The quantitative estimate of drug-likeness (QED) is 0.785. The minimum absolute atomic E-state index is 0.0254. The predicted molar refractivity (Wildman–Crippen MR) is 50.0 cm³/mol. The Morgan fingerprint density at radius 1 is 1.36 bits per heavy atom. The standard InChI is InChI=1S/C10H13F2NO/c1-6(13)2-3-7-4-8(11)9(12)5-10(7)14/h4-6,14H,2-3,13H2,1H3/t6-/m0/s1.